The Hall–Kier alpha value is -0.353. The third-order valence-electron chi connectivity index (χ3n) is 6.42. The SMILES string of the molecule is C[C@H](COC(=O)C(C)(C)C)[C@H]1CCC2[C@@H](O[Si](C)(C)C)CCC[C@@]21C. The molecule has 146 valence electrons. The van der Waals surface area contributed by atoms with E-state index >= 15 is 0 Å². The summed E-state index contributed by atoms with van der Waals surface area (Å²) in [5.74, 6) is 1.66. The lowest BCUT2D eigenvalue weighted by Gasteiger charge is -2.47. The Kier molecular flexibility index (Phi) is 6.15. The Balaban J connectivity index is 2.02. The quantitative estimate of drug-likeness (QED) is 0.465. The van der Waals surface area contributed by atoms with Crippen LogP contribution in [-0.2, 0) is 14.0 Å². The van der Waals surface area contributed by atoms with Crippen LogP contribution in [0.4, 0.5) is 0 Å². The Labute approximate surface area is 156 Å². The van der Waals surface area contributed by atoms with Crippen LogP contribution in [0, 0.1) is 28.6 Å². The summed E-state index contributed by atoms with van der Waals surface area (Å²) in [5, 5.41) is 0. The number of hydrogen-bond donors (Lipinski definition) is 0. The molecule has 0 radical (unpaired) electrons. The first-order valence-electron chi connectivity index (χ1n) is 10.2. The largest absolute Gasteiger partial charge is 0.465 e. The number of carbonyl (C=O) groups is 1. The van der Waals surface area contributed by atoms with Gasteiger partial charge in [-0.05, 0) is 89.3 Å². The van der Waals surface area contributed by atoms with E-state index < -0.39 is 13.7 Å². The molecule has 0 spiro atoms. The summed E-state index contributed by atoms with van der Waals surface area (Å²) in [5.41, 5.74) is -0.0704. The second kappa shape index (κ2) is 7.34. The average Bonchev–Trinajstić information content (AvgIpc) is 2.80. The summed E-state index contributed by atoms with van der Waals surface area (Å²) in [6.45, 7) is 18.0. The van der Waals surface area contributed by atoms with E-state index in [1.807, 2.05) is 20.8 Å². The average molecular weight is 369 g/mol. The maximum absolute atomic E-state index is 12.1. The van der Waals surface area contributed by atoms with Gasteiger partial charge in [0.2, 0.25) is 0 Å². The molecule has 2 rings (SSSR count). The van der Waals surface area contributed by atoms with Crippen molar-refractivity contribution in [2.24, 2.45) is 28.6 Å². The fourth-order valence-electron chi connectivity index (χ4n) is 5.23. The molecule has 0 bridgehead atoms. The summed E-state index contributed by atoms with van der Waals surface area (Å²) in [6.07, 6.45) is 6.76. The molecular formula is C21H40O3Si. The van der Waals surface area contributed by atoms with Crippen LogP contribution in [0.15, 0.2) is 0 Å². The summed E-state index contributed by atoms with van der Waals surface area (Å²) in [7, 11) is -1.51. The standard InChI is InChI=1S/C21H40O3Si/c1-15(14-23-19(22)20(2,3)4)16-11-12-17-18(24-25(6,7)8)10-9-13-21(16,17)5/h15-18H,9-14H2,1-8H3/t15-,16-,17?,18+,21-/m1/s1. The zero-order valence-electron chi connectivity index (χ0n) is 17.8. The third kappa shape index (κ3) is 4.88. The van der Waals surface area contributed by atoms with Crippen LogP contribution in [0.2, 0.25) is 19.6 Å². The van der Waals surface area contributed by atoms with E-state index in [9.17, 15) is 4.79 Å². The highest BCUT2D eigenvalue weighted by Crippen LogP contribution is 2.58. The maximum Gasteiger partial charge on any atom is 0.311 e. The molecule has 0 aromatic carbocycles. The molecule has 0 amide bonds. The zero-order valence-corrected chi connectivity index (χ0v) is 18.8. The lowest BCUT2D eigenvalue weighted by atomic mass is 9.62. The topological polar surface area (TPSA) is 35.5 Å². The van der Waals surface area contributed by atoms with Crippen molar-refractivity contribution in [1.82, 2.24) is 0 Å². The van der Waals surface area contributed by atoms with Crippen molar-refractivity contribution in [3.05, 3.63) is 0 Å². The van der Waals surface area contributed by atoms with Crippen LogP contribution in [-0.4, -0.2) is 27.0 Å². The van der Waals surface area contributed by atoms with Gasteiger partial charge < -0.3 is 9.16 Å². The van der Waals surface area contributed by atoms with E-state index in [-0.39, 0.29) is 5.97 Å². The summed E-state index contributed by atoms with van der Waals surface area (Å²) < 4.78 is 12.2. The molecule has 25 heavy (non-hydrogen) atoms. The molecule has 2 fully saturated rings. The predicted octanol–water partition coefficient (Wildman–Crippen LogP) is 5.65. The van der Waals surface area contributed by atoms with Gasteiger partial charge in [-0.1, -0.05) is 20.3 Å². The van der Waals surface area contributed by atoms with E-state index in [4.69, 9.17) is 9.16 Å². The van der Waals surface area contributed by atoms with Crippen molar-refractivity contribution >= 4 is 14.3 Å². The molecule has 2 aliphatic rings. The fraction of sp³-hybridized carbons (Fsp3) is 0.952. The van der Waals surface area contributed by atoms with Gasteiger partial charge in [0.1, 0.15) is 0 Å². The van der Waals surface area contributed by atoms with Crippen LogP contribution in [0.5, 0.6) is 0 Å². The molecule has 0 aromatic rings. The van der Waals surface area contributed by atoms with E-state index in [0.717, 1.165) is 0 Å². The monoisotopic (exact) mass is 368 g/mol. The molecule has 0 N–H and O–H groups in total. The molecule has 0 saturated heterocycles. The summed E-state index contributed by atoms with van der Waals surface area (Å²) in [4.78, 5) is 12.1. The lowest BCUT2D eigenvalue weighted by molar-refractivity contribution is -0.155. The van der Waals surface area contributed by atoms with Crippen molar-refractivity contribution in [2.45, 2.75) is 92.5 Å². The first-order valence-corrected chi connectivity index (χ1v) is 13.6. The zero-order chi connectivity index (χ0) is 19.0. The number of carbonyl (C=O) groups excluding carboxylic acids is 1. The molecule has 5 atom stereocenters. The van der Waals surface area contributed by atoms with E-state index in [0.29, 0.717) is 35.9 Å². The van der Waals surface area contributed by atoms with E-state index in [1.165, 1.54) is 32.1 Å². The van der Waals surface area contributed by atoms with E-state index in [1.54, 1.807) is 0 Å². The van der Waals surface area contributed by atoms with Gasteiger partial charge in [0.05, 0.1) is 12.0 Å². The molecule has 4 heteroatoms. The van der Waals surface area contributed by atoms with Crippen LogP contribution in [0.3, 0.4) is 0 Å². The smallest absolute Gasteiger partial charge is 0.311 e. The Morgan fingerprint density at radius 2 is 1.84 bits per heavy atom. The van der Waals surface area contributed by atoms with Crippen LogP contribution in [0.1, 0.15) is 66.7 Å². The Bertz CT molecular complexity index is 477. The van der Waals surface area contributed by atoms with Crippen molar-refractivity contribution in [3.8, 4) is 0 Å². The molecule has 0 heterocycles. The minimum atomic E-state index is -1.51. The van der Waals surface area contributed by atoms with Gasteiger partial charge in [0.25, 0.3) is 0 Å². The highest BCUT2D eigenvalue weighted by Gasteiger charge is 2.53. The normalized spacial score (nSPS) is 34.5. The summed E-state index contributed by atoms with van der Waals surface area (Å²) >= 11 is 0. The van der Waals surface area contributed by atoms with Gasteiger partial charge in [-0.25, -0.2) is 0 Å². The molecule has 0 aliphatic heterocycles. The van der Waals surface area contributed by atoms with Gasteiger partial charge in [0.15, 0.2) is 8.32 Å². The van der Waals surface area contributed by atoms with Crippen molar-refractivity contribution in [2.75, 3.05) is 6.61 Å². The van der Waals surface area contributed by atoms with Gasteiger partial charge in [0, 0.05) is 6.10 Å². The lowest BCUT2D eigenvalue weighted by Crippen LogP contribution is -2.46. The van der Waals surface area contributed by atoms with Crippen molar-refractivity contribution in [3.63, 3.8) is 0 Å². The molecule has 1 unspecified atom stereocenters. The number of fused-ring (bicyclic) bond motifs is 1. The van der Waals surface area contributed by atoms with Crippen LogP contribution >= 0.6 is 0 Å². The van der Waals surface area contributed by atoms with E-state index in [2.05, 4.69) is 33.5 Å². The van der Waals surface area contributed by atoms with Gasteiger partial charge in [-0.2, -0.15) is 0 Å². The number of rotatable bonds is 5. The molecule has 2 aliphatic carbocycles. The molecule has 3 nitrogen and oxygen atoms in total. The second-order valence-electron chi connectivity index (χ2n) is 10.8. The Morgan fingerprint density at radius 1 is 1.20 bits per heavy atom. The minimum Gasteiger partial charge on any atom is -0.465 e. The van der Waals surface area contributed by atoms with Gasteiger partial charge in [-0.15, -0.1) is 0 Å². The third-order valence-corrected chi connectivity index (χ3v) is 7.43. The van der Waals surface area contributed by atoms with Crippen LogP contribution in [0.25, 0.3) is 0 Å². The molecule has 2 saturated carbocycles. The maximum atomic E-state index is 12.1. The highest BCUT2D eigenvalue weighted by atomic mass is 28.4. The number of esters is 1. The van der Waals surface area contributed by atoms with Crippen molar-refractivity contribution < 1.29 is 14.0 Å². The number of hydrogen-bond acceptors (Lipinski definition) is 3. The molecular weight excluding hydrogens is 328 g/mol. The second-order valence-corrected chi connectivity index (χ2v) is 15.2. The Morgan fingerprint density at radius 3 is 2.40 bits per heavy atom. The number of ether oxygens (including phenoxy) is 1. The first kappa shape index (κ1) is 21.0. The minimum absolute atomic E-state index is 0.0809. The fourth-order valence-corrected chi connectivity index (χ4v) is 6.42. The first-order chi connectivity index (χ1) is 11.3. The van der Waals surface area contributed by atoms with Gasteiger partial charge >= 0.3 is 5.97 Å². The van der Waals surface area contributed by atoms with Crippen molar-refractivity contribution in [1.29, 1.82) is 0 Å². The predicted molar refractivity (Wildman–Crippen MR) is 106 cm³/mol. The summed E-state index contributed by atoms with van der Waals surface area (Å²) in [6, 6.07) is 0. The highest BCUT2D eigenvalue weighted by molar-refractivity contribution is 6.69. The van der Waals surface area contributed by atoms with Crippen LogP contribution < -0.4 is 0 Å². The van der Waals surface area contributed by atoms with Gasteiger partial charge in [-0.3, -0.25) is 4.79 Å². The molecule has 0 aromatic heterocycles.